The largest absolute Gasteiger partial charge is 0.265 e. The summed E-state index contributed by atoms with van der Waals surface area (Å²) in [7, 11) is -2.13. The van der Waals surface area contributed by atoms with Crippen LogP contribution in [0.5, 0.6) is 0 Å². The molecule has 0 aliphatic heterocycles. The van der Waals surface area contributed by atoms with Gasteiger partial charge in [0.25, 0.3) is 10.0 Å². The van der Waals surface area contributed by atoms with Crippen molar-refractivity contribution in [1.29, 1.82) is 0 Å². The molecule has 2 aromatic rings. The molecule has 102 valence electrons. The molecule has 0 fully saturated rings. The Morgan fingerprint density at radius 1 is 1.32 bits per heavy atom. The second-order valence-electron chi connectivity index (χ2n) is 4.15. The van der Waals surface area contributed by atoms with Gasteiger partial charge in [-0.3, -0.25) is 0 Å². The van der Waals surface area contributed by atoms with Gasteiger partial charge < -0.3 is 0 Å². The van der Waals surface area contributed by atoms with Crippen molar-refractivity contribution >= 4 is 38.1 Å². The van der Waals surface area contributed by atoms with E-state index in [-0.39, 0.29) is 4.90 Å². The van der Waals surface area contributed by atoms with E-state index in [4.69, 9.17) is 11.6 Å². The molecule has 0 radical (unpaired) electrons. The highest BCUT2D eigenvalue weighted by atomic mass is 35.5. The summed E-state index contributed by atoms with van der Waals surface area (Å²) >= 11 is 7.27. The van der Waals surface area contributed by atoms with Gasteiger partial charge in [0.15, 0.2) is 5.13 Å². The quantitative estimate of drug-likeness (QED) is 0.873. The molecule has 1 aromatic carbocycles. The fourth-order valence-electron chi connectivity index (χ4n) is 1.48. The van der Waals surface area contributed by atoms with Gasteiger partial charge in [-0.25, -0.2) is 17.7 Å². The van der Waals surface area contributed by atoms with Crippen LogP contribution in [0, 0.1) is 13.8 Å². The summed E-state index contributed by atoms with van der Waals surface area (Å²) in [4.78, 5) is 4.34. The van der Waals surface area contributed by atoms with Crippen molar-refractivity contribution in [3.05, 3.63) is 39.9 Å². The maximum atomic E-state index is 12.4. The molecule has 0 amide bonds. The molecule has 1 aromatic heterocycles. The maximum absolute atomic E-state index is 12.4. The Labute approximate surface area is 121 Å². The smallest absolute Gasteiger partial charge is 0.244 e. The van der Waals surface area contributed by atoms with Crippen LogP contribution >= 0.6 is 22.9 Å². The predicted molar refractivity (Wildman–Crippen MR) is 78.6 cm³/mol. The summed E-state index contributed by atoms with van der Waals surface area (Å²) in [5.41, 5.74) is 1.64. The molecule has 2 rings (SSSR count). The van der Waals surface area contributed by atoms with Crippen molar-refractivity contribution in [2.75, 3.05) is 11.4 Å². The standard InChI is InChI=1S/C12H13ClN2O2S2/c1-8-4-5-10(6-11(8)13)19(16,17)15(3)12-14-9(2)7-18-12/h4-7H,1-3H3. The lowest BCUT2D eigenvalue weighted by Gasteiger charge is -2.16. The zero-order chi connectivity index (χ0) is 14.2. The fraction of sp³-hybridized carbons (Fsp3) is 0.250. The van der Waals surface area contributed by atoms with Gasteiger partial charge in [0.05, 0.1) is 10.6 Å². The maximum Gasteiger partial charge on any atom is 0.265 e. The van der Waals surface area contributed by atoms with Crippen LogP contribution in [0.1, 0.15) is 11.3 Å². The zero-order valence-electron chi connectivity index (χ0n) is 10.7. The van der Waals surface area contributed by atoms with E-state index in [1.807, 2.05) is 19.2 Å². The van der Waals surface area contributed by atoms with E-state index in [2.05, 4.69) is 4.98 Å². The van der Waals surface area contributed by atoms with Crippen molar-refractivity contribution in [3.63, 3.8) is 0 Å². The van der Waals surface area contributed by atoms with E-state index in [0.29, 0.717) is 10.2 Å². The van der Waals surface area contributed by atoms with Crippen LogP contribution in [0.25, 0.3) is 0 Å². The molecule has 0 aliphatic carbocycles. The van der Waals surface area contributed by atoms with Crippen molar-refractivity contribution in [2.24, 2.45) is 0 Å². The number of rotatable bonds is 3. The first-order chi connectivity index (χ1) is 8.82. The Balaban J connectivity index is 2.44. The van der Waals surface area contributed by atoms with Gasteiger partial charge in [-0.1, -0.05) is 17.7 Å². The molecule has 0 aliphatic rings. The lowest BCUT2D eigenvalue weighted by atomic mass is 10.2. The molecule has 7 heteroatoms. The van der Waals surface area contributed by atoms with Gasteiger partial charge in [-0.2, -0.15) is 0 Å². The van der Waals surface area contributed by atoms with Gasteiger partial charge in [0, 0.05) is 17.5 Å². The predicted octanol–water partition coefficient (Wildman–Crippen LogP) is 3.24. The minimum Gasteiger partial charge on any atom is -0.244 e. The fourth-order valence-corrected chi connectivity index (χ4v) is 3.89. The summed E-state index contributed by atoms with van der Waals surface area (Å²) < 4.78 is 26.1. The third-order valence-electron chi connectivity index (χ3n) is 2.68. The van der Waals surface area contributed by atoms with E-state index < -0.39 is 10.0 Å². The summed E-state index contributed by atoms with van der Waals surface area (Å²) in [6, 6.07) is 4.70. The highest BCUT2D eigenvalue weighted by molar-refractivity contribution is 7.93. The van der Waals surface area contributed by atoms with Crippen LogP contribution in [-0.4, -0.2) is 20.4 Å². The number of hydrogen-bond donors (Lipinski definition) is 0. The Bertz CT molecular complexity index is 710. The van der Waals surface area contributed by atoms with Crippen LogP contribution in [0.2, 0.25) is 5.02 Å². The molecule has 0 saturated heterocycles. The minimum atomic E-state index is -3.62. The molecule has 0 saturated carbocycles. The van der Waals surface area contributed by atoms with Crippen LogP contribution in [0.4, 0.5) is 5.13 Å². The van der Waals surface area contributed by atoms with E-state index in [1.54, 1.807) is 12.1 Å². The highest BCUT2D eigenvalue weighted by Gasteiger charge is 2.23. The first kappa shape index (κ1) is 14.3. The van der Waals surface area contributed by atoms with E-state index in [0.717, 1.165) is 11.3 Å². The lowest BCUT2D eigenvalue weighted by molar-refractivity contribution is 0.594. The van der Waals surface area contributed by atoms with Gasteiger partial charge in [-0.05, 0) is 31.5 Å². The van der Waals surface area contributed by atoms with Gasteiger partial charge >= 0.3 is 0 Å². The number of hydrogen-bond acceptors (Lipinski definition) is 4. The topological polar surface area (TPSA) is 50.3 Å². The van der Waals surface area contributed by atoms with Gasteiger partial charge in [0.1, 0.15) is 0 Å². The number of anilines is 1. The van der Waals surface area contributed by atoms with Crippen LogP contribution in [-0.2, 0) is 10.0 Å². The Morgan fingerprint density at radius 3 is 2.53 bits per heavy atom. The molecule has 0 spiro atoms. The van der Waals surface area contributed by atoms with Crippen LogP contribution in [0.3, 0.4) is 0 Å². The van der Waals surface area contributed by atoms with Crippen LogP contribution < -0.4 is 4.31 Å². The van der Waals surface area contributed by atoms with Crippen LogP contribution in [0.15, 0.2) is 28.5 Å². The average Bonchev–Trinajstić information content (AvgIpc) is 2.78. The molecule has 19 heavy (non-hydrogen) atoms. The molecule has 0 unspecified atom stereocenters. The molecular formula is C12H13ClN2O2S2. The highest BCUT2D eigenvalue weighted by Crippen LogP contribution is 2.27. The average molecular weight is 317 g/mol. The number of aromatic nitrogens is 1. The van der Waals surface area contributed by atoms with E-state index in [1.165, 1.54) is 28.8 Å². The van der Waals surface area contributed by atoms with Gasteiger partial charge in [0.2, 0.25) is 0 Å². The first-order valence-corrected chi connectivity index (χ1v) is 8.19. The molecule has 0 atom stereocenters. The van der Waals surface area contributed by atoms with Crippen molar-refractivity contribution in [1.82, 2.24) is 4.98 Å². The molecule has 0 N–H and O–H groups in total. The number of thiazole rings is 1. The second kappa shape index (κ2) is 5.11. The summed E-state index contributed by atoms with van der Waals surface area (Å²) in [6.07, 6.45) is 0. The lowest BCUT2D eigenvalue weighted by Crippen LogP contribution is -2.26. The first-order valence-electron chi connectivity index (χ1n) is 5.49. The molecule has 0 bridgehead atoms. The number of sulfonamides is 1. The third-order valence-corrected chi connectivity index (χ3v) is 5.98. The Kier molecular flexibility index (Phi) is 3.85. The number of nitrogens with zero attached hydrogens (tertiary/aromatic N) is 2. The van der Waals surface area contributed by atoms with Crippen molar-refractivity contribution in [2.45, 2.75) is 18.7 Å². The van der Waals surface area contributed by atoms with E-state index >= 15 is 0 Å². The number of benzene rings is 1. The third kappa shape index (κ3) is 2.75. The monoisotopic (exact) mass is 316 g/mol. The van der Waals surface area contributed by atoms with Gasteiger partial charge in [-0.15, -0.1) is 11.3 Å². The summed E-state index contributed by atoms with van der Waals surface area (Å²) in [5.74, 6) is 0. The number of halogens is 1. The normalized spacial score (nSPS) is 11.6. The Morgan fingerprint density at radius 2 is 2.00 bits per heavy atom. The molecule has 4 nitrogen and oxygen atoms in total. The van der Waals surface area contributed by atoms with E-state index in [9.17, 15) is 8.42 Å². The van der Waals surface area contributed by atoms with Crippen molar-refractivity contribution in [3.8, 4) is 0 Å². The summed E-state index contributed by atoms with van der Waals surface area (Å²) in [5, 5.41) is 2.68. The Hall–Kier alpha value is -1.11. The SMILES string of the molecule is Cc1csc(N(C)S(=O)(=O)c2ccc(C)c(Cl)c2)n1. The molecular weight excluding hydrogens is 304 g/mol. The number of aryl methyl sites for hydroxylation is 2. The minimum absolute atomic E-state index is 0.165. The second-order valence-corrected chi connectivity index (χ2v) is 7.37. The zero-order valence-corrected chi connectivity index (χ0v) is 13.1. The molecule has 1 heterocycles. The summed E-state index contributed by atoms with van der Waals surface area (Å²) in [6.45, 7) is 3.65. The van der Waals surface area contributed by atoms with Crippen molar-refractivity contribution < 1.29 is 8.42 Å².